The zero-order chi connectivity index (χ0) is 17.1. The van der Waals surface area contributed by atoms with Crippen molar-refractivity contribution in [2.45, 2.75) is 32.4 Å². The molecule has 0 N–H and O–H groups in total. The first-order valence-corrected chi connectivity index (χ1v) is 8.02. The lowest BCUT2D eigenvalue weighted by molar-refractivity contribution is 0.0656. The van der Waals surface area contributed by atoms with E-state index in [9.17, 15) is 4.79 Å². The highest BCUT2D eigenvalue weighted by Gasteiger charge is 2.37. The molecule has 0 saturated carbocycles. The van der Waals surface area contributed by atoms with Gasteiger partial charge in [-0.05, 0) is 38.5 Å². The normalized spacial score (nSPS) is 20.4. The van der Waals surface area contributed by atoms with Gasteiger partial charge in [0.05, 0.1) is 23.9 Å². The number of hydrogen-bond acceptors (Lipinski definition) is 5. The number of hydrogen-bond donors (Lipinski definition) is 0. The van der Waals surface area contributed by atoms with Crippen molar-refractivity contribution in [1.29, 1.82) is 0 Å². The Balaban J connectivity index is 1.73. The van der Waals surface area contributed by atoms with Crippen molar-refractivity contribution in [3.8, 4) is 5.75 Å². The number of rotatable bonds is 5. The largest absolute Gasteiger partial charge is 0.490 e. The van der Waals surface area contributed by atoms with Crippen LogP contribution in [-0.4, -0.2) is 48.2 Å². The van der Waals surface area contributed by atoms with Crippen LogP contribution in [0.4, 0.5) is 0 Å². The van der Waals surface area contributed by atoms with Gasteiger partial charge in [0.15, 0.2) is 0 Å². The van der Waals surface area contributed by atoms with Crippen LogP contribution in [0.15, 0.2) is 35.0 Å². The smallest absolute Gasteiger partial charge is 0.257 e. The lowest BCUT2D eigenvalue weighted by atomic mass is 10.2. The predicted molar refractivity (Wildman–Crippen MR) is 88.2 cm³/mol. The minimum Gasteiger partial charge on any atom is -0.490 e. The quantitative estimate of drug-likeness (QED) is 0.843. The fourth-order valence-electron chi connectivity index (χ4n) is 3.07. The molecule has 0 aliphatic carbocycles. The van der Waals surface area contributed by atoms with Crippen LogP contribution >= 0.6 is 0 Å². The molecule has 3 rings (SSSR count). The number of carbonyl (C=O) groups is 1. The number of amides is 1. The van der Waals surface area contributed by atoms with Crippen molar-refractivity contribution >= 4 is 5.91 Å². The summed E-state index contributed by atoms with van der Waals surface area (Å²) < 4.78 is 16.8. The number of carbonyl (C=O) groups excluding carboxylic acids is 1. The van der Waals surface area contributed by atoms with Gasteiger partial charge in [-0.1, -0.05) is 0 Å². The summed E-state index contributed by atoms with van der Waals surface area (Å²) in [5, 5.41) is 0. The molecule has 1 saturated heterocycles. The number of furan rings is 1. The molecular weight excluding hydrogens is 308 g/mol. The Kier molecular flexibility index (Phi) is 4.85. The second kappa shape index (κ2) is 7.05. The van der Waals surface area contributed by atoms with Crippen LogP contribution in [0.25, 0.3) is 0 Å². The third-order valence-electron chi connectivity index (χ3n) is 4.32. The van der Waals surface area contributed by atoms with Gasteiger partial charge in [-0.25, -0.2) is 0 Å². The Hall–Kier alpha value is -2.34. The second-order valence-electron chi connectivity index (χ2n) is 6.03. The highest BCUT2D eigenvalue weighted by molar-refractivity contribution is 5.95. The first kappa shape index (κ1) is 16.5. The van der Waals surface area contributed by atoms with E-state index in [0.717, 1.165) is 12.2 Å². The average Bonchev–Trinajstić information content (AvgIpc) is 3.16. The molecular formula is C18H22N2O4. The van der Waals surface area contributed by atoms with Crippen LogP contribution in [0.1, 0.15) is 28.3 Å². The second-order valence-corrected chi connectivity index (χ2v) is 6.03. The van der Waals surface area contributed by atoms with Crippen molar-refractivity contribution in [1.82, 2.24) is 9.88 Å². The summed E-state index contributed by atoms with van der Waals surface area (Å²) in [6, 6.07) is 5.42. The number of aryl methyl sites for hydroxylation is 2. The highest BCUT2D eigenvalue weighted by Crippen LogP contribution is 2.25. The highest BCUT2D eigenvalue weighted by atomic mass is 16.5. The molecule has 3 heterocycles. The van der Waals surface area contributed by atoms with Gasteiger partial charge in [0.2, 0.25) is 0 Å². The zero-order valence-electron chi connectivity index (χ0n) is 14.2. The molecule has 0 bridgehead atoms. The summed E-state index contributed by atoms with van der Waals surface area (Å²) in [5.74, 6) is 2.04. The van der Waals surface area contributed by atoms with E-state index in [1.807, 2.05) is 30.9 Å². The molecule has 0 aromatic carbocycles. The molecule has 0 radical (unpaired) electrons. The molecule has 0 spiro atoms. The van der Waals surface area contributed by atoms with Gasteiger partial charge in [0, 0.05) is 19.9 Å². The standard InChI is InChI=1S/C18H22N2O4/c1-12-7-17(13(2)24-12)18(21)20-10-16(22-3)8-14(20)11-23-15-5-4-6-19-9-15/h4-7,9,14,16H,8,10-11H2,1-3H3/t14-,16+/m0/s1. The van der Waals surface area contributed by atoms with Gasteiger partial charge in [-0.2, -0.15) is 0 Å². The van der Waals surface area contributed by atoms with Gasteiger partial charge >= 0.3 is 0 Å². The van der Waals surface area contributed by atoms with E-state index in [-0.39, 0.29) is 18.1 Å². The van der Waals surface area contributed by atoms with E-state index in [2.05, 4.69) is 4.98 Å². The molecule has 0 unspecified atom stereocenters. The molecule has 6 heteroatoms. The number of methoxy groups -OCH3 is 1. The van der Waals surface area contributed by atoms with E-state index < -0.39 is 0 Å². The summed E-state index contributed by atoms with van der Waals surface area (Å²) in [6.07, 6.45) is 4.13. The molecule has 2 atom stereocenters. The van der Waals surface area contributed by atoms with Crippen LogP contribution in [0.5, 0.6) is 5.75 Å². The van der Waals surface area contributed by atoms with Crippen molar-refractivity contribution in [3.63, 3.8) is 0 Å². The maximum atomic E-state index is 12.9. The van der Waals surface area contributed by atoms with Crippen LogP contribution in [0.3, 0.4) is 0 Å². The Labute approximate surface area is 141 Å². The van der Waals surface area contributed by atoms with Crippen molar-refractivity contribution in [2.75, 3.05) is 20.3 Å². The molecule has 2 aromatic rings. The molecule has 128 valence electrons. The Morgan fingerprint density at radius 2 is 2.29 bits per heavy atom. The summed E-state index contributed by atoms with van der Waals surface area (Å²) in [6.45, 7) is 4.62. The third-order valence-corrected chi connectivity index (χ3v) is 4.32. The fraction of sp³-hybridized carbons (Fsp3) is 0.444. The minimum absolute atomic E-state index is 0.0183. The summed E-state index contributed by atoms with van der Waals surface area (Å²) in [7, 11) is 1.67. The minimum atomic E-state index is -0.0442. The summed E-state index contributed by atoms with van der Waals surface area (Å²) in [5.41, 5.74) is 0.607. The van der Waals surface area contributed by atoms with Gasteiger partial charge in [-0.3, -0.25) is 9.78 Å². The molecule has 1 fully saturated rings. The summed E-state index contributed by atoms with van der Waals surface area (Å²) in [4.78, 5) is 18.8. The van der Waals surface area contributed by atoms with E-state index in [4.69, 9.17) is 13.9 Å². The monoisotopic (exact) mass is 330 g/mol. The zero-order valence-corrected chi connectivity index (χ0v) is 14.2. The molecule has 1 aliphatic heterocycles. The maximum Gasteiger partial charge on any atom is 0.257 e. The predicted octanol–water partition coefficient (Wildman–Crippen LogP) is 2.60. The van der Waals surface area contributed by atoms with Gasteiger partial charge < -0.3 is 18.8 Å². The van der Waals surface area contributed by atoms with Crippen LogP contribution < -0.4 is 4.74 Å². The first-order valence-electron chi connectivity index (χ1n) is 8.02. The molecule has 1 aliphatic rings. The van der Waals surface area contributed by atoms with Crippen molar-refractivity contribution < 1.29 is 18.7 Å². The third kappa shape index (κ3) is 3.43. The van der Waals surface area contributed by atoms with Gasteiger partial charge in [0.25, 0.3) is 5.91 Å². The molecule has 24 heavy (non-hydrogen) atoms. The van der Waals surface area contributed by atoms with E-state index in [0.29, 0.717) is 30.2 Å². The summed E-state index contributed by atoms with van der Waals surface area (Å²) >= 11 is 0. The van der Waals surface area contributed by atoms with Crippen LogP contribution in [0, 0.1) is 13.8 Å². The SMILES string of the molecule is CO[C@@H]1C[C@@H](COc2cccnc2)N(C(=O)c2cc(C)oc2C)C1. The van der Waals surface area contributed by atoms with E-state index >= 15 is 0 Å². The fourth-order valence-corrected chi connectivity index (χ4v) is 3.07. The first-order chi connectivity index (χ1) is 11.6. The van der Waals surface area contributed by atoms with Crippen molar-refractivity contribution in [2.24, 2.45) is 0 Å². The lowest BCUT2D eigenvalue weighted by Gasteiger charge is -2.24. The Morgan fingerprint density at radius 3 is 2.92 bits per heavy atom. The molecule has 6 nitrogen and oxygen atoms in total. The van der Waals surface area contributed by atoms with Crippen LogP contribution in [-0.2, 0) is 4.74 Å². The topological polar surface area (TPSA) is 64.8 Å². The number of aromatic nitrogens is 1. The average molecular weight is 330 g/mol. The number of likely N-dealkylation sites (tertiary alicyclic amines) is 1. The van der Waals surface area contributed by atoms with E-state index in [1.54, 1.807) is 25.6 Å². The maximum absolute atomic E-state index is 12.9. The van der Waals surface area contributed by atoms with Gasteiger partial charge in [0.1, 0.15) is 23.9 Å². The Bertz CT molecular complexity index is 698. The van der Waals surface area contributed by atoms with Gasteiger partial charge in [-0.15, -0.1) is 0 Å². The number of ether oxygens (including phenoxy) is 2. The van der Waals surface area contributed by atoms with Crippen LogP contribution in [0.2, 0.25) is 0 Å². The number of pyridine rings is 1. The lowest BCUT2D eigenvalue weighted by Crippen LogP contribution is -2.39. The molecule has 1 amide bonds. The van der Waals surface area contributed by atoms with E-state index in [1.165, 1.54) is 0 Å². The molecule has 2 aromatic heterocycles. The Morgan fingerprint density at radius 1 is 1.46 bits per heavy atom. The van der Waals surface area contributed by atoms with Crippen molar-refractivity contribution in [3.05, 3.63) is 47.7 Å². The number of nitrogens with zero attached hydrogens (tertiary/aromatic N) is 2.